The summed E-state index contributed by atoms with van der Waals surface area (Å²) in [6.45, 7) is 0.461. The molecule has 0 saturated heterocycles. The maximum Gasteiger partial charge on any atom is 0.238 e. The van der Waals surface area contributed by atoms with E-state index >= 15 is 0 Å². The summed E-state index contributed by atoms with van der Waals surface area (Å²) in [5.41, 5.74) is 5.28. The average Bonchev–Trinajstić information content (AvgIpc) is 2.75. The Labute approximate surface area is 131 Å². The number of carbonyl (C=O) groups is 1. The van der Waals surface area contributed by atoms with Gasteiger partial charge in [-0.1, -0.05) is 48.5 Å². The van der Waals surface area contributed by atoms with E-state index in [1.807, 2.05) is 19.0 Å². The first-order valence-electron chi connectivity index (χ1n) is 7.79. The van der Waals surface area contributed by atoms with E-state index in [9.17, 15) is 4.79 Å². The number of carbonyl (C=O) groups excluding carboxylic acids is 1. The van der Waals surface area contributed by atoms with Crippen molar-refractivity contribution in [1.82, 2.24) is 9.80 Å². The van der Waals surface area contributed by atoms with Crippen LogP contribution in [0.15, 0.2) is 48.5 Å². The third kappa shape index (κ3) is 1.89. The van der Waals surface area contributed by atoms with E-state index < -0.39 is 0 Å². The van der Waals surface area contributed by atoms with E-state index in [1.165, 1.54) is 22.3 Å². The van der Waals surface area contributed by atoms with Gasteiger partial charge >= 0.3 is 0 Å². The number of fused-ring (bicyclic) bond motifs is 7. The van der Waals surface area contributed by atoms with Crippen LogP contribution in [0.3, 0.4) is 0 Å². The van der Waals surface area contributed by atoms with E-state index in [-0.39, 0.29) is 18.0 Å². The smallest absolute Gasteiger partial charge is 0.238 e. The van der Waals surface area contributed by atoms with E-state index in [0.29, 0.717) is 6.54 Å². The summed E-state index contributed by atoms with van der Waals surface area (Å²) in [6.07, 6.45) is 0.919. The second-order valence-electron chi connectivity index (χ2n) is 6.49. The lowest BCUT2D eigenvalue weighted by molar-refractivity contribution is -0.135. The third-order valence-electron chi connectivity index (χ3n) is 4.77. The SMILES string of the molecule is CN(C)CC(=O)N1C2Cc3ccccc3C1c1ccccc12. The van der Waals surface area contributed by atoms with Gasteiger partial charge < -0.3 is 9.80 Å². The van der Waals surface area contributed by atoms with Crippen LogP contribution in [0.2, 0.25) is 0 Å². The van der Waals surface area contributed by atoms with Crippen molar-refractivity contribution in [3.8, 4) is 0 Å². The predicted octanol–water partition coefficient (Wildman–Crippen LogP) is 2.78. The Balaban J connectivity index is 1.85. The summed E-state index contributed by atoms with van der Waals surface area (Å²) >= 11 is 0. The molecule has 2 atom stereocenters. The molecule has 2 bridgehead atoms. The molecule has 2 aromatic carbocycles. The second-order valence-corrected chi connectivity index (χ2v) is 6.49. The molecule has 0 aromatic heterocycles. The minimum absolute atomic E-state index is 0.0820. The van der Waals surface area contributed by atoms with Gasteiger partial charge in [0.25, 0.3) is 0 Å². The Kier molecular flexibility index (Phi) is 3.05. The van der Waals surface area contributed by atoms with Gasteiger partial charge in [-0.3, -0.25) is 4.79 Å². The van der Waals surface area contributed by atoms with Crippen molar-refractivity contribution in [3.05, 3.63) is 70.8 Å². The van der Waals surface area contributed by atoms with E-state index in [2.05, 4.69) is 53.4 Å². The summed E-state index contributed by atoms with van der Waals surface area (Å²) in [5, 5.41) is 0. The van der Waals surface area contributed by atoms with Gasteiger partial charge in [0.15, 0.2) is 0 Å². The first kappa shape index (κ1) is 13.5. The first-order chi connectivity index (χ1) is 10.7. The van der Waals surface area contributed by atoms with Crippen molar-refractivity contribution in [2.24, 2.45) is 0 Å². The maximum atomic E-state index is 12.8. The van der Waals surface area contributed by atoms with Gasteiger partial charge in [0.1, 0.15) is 0 Å². The fourth-order valence-electron chi connectivity index (χ4n) is 3.93. The normalized spacial score (nSPS) is 21.7. The third-order valence-corrected chi connectivity index (χ3v) is 4.77. The zero-order valence-corrected chi connectivity index (χ0v) is 13.0. The molecule has 0 radical (unpaired) electrons. The summed E-state index contributed by atoms with van der Waals surface area (Å²) in [6, 6.07) is 17.3. The summed E-state index contributed by atoms with van der Waals surface area (Å²) in [4.78, 5) is 16.9. The largest absolute Gasteiger partial charge is 0.323 e. The van der Waals surface area contributed by atoms with Crippen LogP contribution in [0.1, 0.15) is 34.3 Å². The molecule has 0 N–H and O–H groups in total. The number of rotatable bonds is 2. The summed E-state index contributed by atoms with van der Waals surface area (Å²) in [5.74, 6) is 0.214. The molecule has 0 aliphatic carbocycles. The minimum atomic E-state index is 0.0820. The van der Waals surface area contributed by atoms with E-state index in [1.54, 1.807) is 0 Å². The first-order valence-corrected chi connectivity index (χ1v) is 7.79. The Bertz CT molecular complexity index is 727. The average molecular weight is 292 g/mol. The van der Waals surface area contributed by atoms with Crippen molar-refractivity contribution in [2.75, 3.05) is 20.6 Å². The van der Waals surface area contributed by atoms with Crippen LogP contribution in [-0.2, 0) is 11.2 Å². The van der Waals surface area contributed by atoms with Gasteiger partial charge in [-0.05, 0) is 42.8 Å². The molecule has 22 heavy (non-hydrogen) atoms. The lowest BCUT2D eigenvalue weighted by Crippen LogP contribution is -2.42. The van der Waals surface area contributed by atoms with Gasteiger partial charge in [-0.25, -0.2) is 0 Å². The summed E-state index contributed by atoms with van der Waals surface area (Å²) < 4.78 is 0. The van der Waals surface area contributed by atoms with Gasteiger partial charge in [0.2, 0.25) is 5.91 Å². The highest BCUT2D eigenvalue weighted by Gasteiger charge is 2.45. The zero-order chi connectivity index (χ0) is 15.3. The van der Waals surface area contributed by atoms with Crippen LogP contribution in [-0.4, -0.2) is 36.3 Å². The fourth-order valence-corrected chi connectivity index (χ4v) is 3.93. The second kappa shape index (κ2) is 4.96. The molecule has 1 amide bonds. The number of hydrogen-bond donors (Lipinski definition) is 0. The van der Waals surface area contributed by atoms with Crippen molar-refractivity contribution in [3.63, 3.8) is 0 Å². The number of likely N-dealkylation sites (N-methyl/N-ethyl adjacent to an activating group) is 1. The van der Waals surface area contributed by atoms with Crippen LogP contribution in [0.4, 0.5) is 0 Å². The molecule has 2 heterocycles. The maximum absolute atomic E-state index is 12.8. The molecule has 0 spiro atoms. The van der Waals surface area contributed by atoms with Crippen LogP contribution >= 0.6 is 0 Å². The Morgan fingerprint density at radius 3 is 2.41 bits per heavy atom. The Hall–Kier alpha value is -2.13. The lowest BCUT2D eigenvalue weighted by atomic mass is 9.91. The van der Waals surface area contributed by atoms with Crippen molar-refractivity contribution >= 4 is 5.91 Å². The standard InChI is InChI=1S/C19H20N2O/c1-20(2)12-18(22)21-17-11-13-7-3-4-8-14(13)19(21)16-10-6-5-9-15(16)17/h3-10,17,19H,11-12H2,1-2H3. The molecule has 2 unspecified atom stereocenters. The molecule has 2 aliphatic rings. The van der Waals surface area contributed by atoms with E-state index in [0.717, 1.165) is 6.42 Å². The van der Waals surface area contributed by atoms with E-state index in [4.69, 9.17) is 0 Å². The summed E-state index contributed by atoms with van der Waals surface area (Å²) in [7, 11) is 3.90. The molecule has 2 aromatic rings. The highest BCUT2D eigenvalue weighted by molar-refractivity contribution is 5.81. The lowest BCUT2D eigenvalue weighted by Gasteiger charge is -2.37. The van der Waals surface area contributed by atoms with Crippen molar-refractivity contribution in [2.45, 2.75) is 18.5 Å². The molecule has 3 nitrogen and oxygen atoms in total. The van der Waals surface area contributed by atoms with Crippen LogP contribution in [0.5, 0.6) is 0 Å². The number of hydrogen-bond acceptors (Lipinski definition) is 2. The van der Waals surface area contributed by atoms with Gasteiger partial charge in [-0.2, -0.15) is 0 Å². The molecule has 3 heteroatoms. The number of amides is 1. The predicted molar refractivity (Wildman–Crippen MR) is 86.6 cm³/mol. The Morgan fingerprint density at radius 2 is 1.68 bits per heavy atom. The molecular formula is C19H20N2O. The van der Waals surface area contributed by atoms with Gasteiger partial charge in [0, 0.05) is 0 Å². The molecule has 0 fully saturated rings. The van der Waals surface area contributed by atoms with Crippen LogP contribution in [0.25, 0.3) is 0 Å². The van der Waals surface area contributed by atoms with Gasteiger partial charge in [-0.15, -0.1) is 0 Å². The highest BCUT2D eigenvalue weighted by atomic mass is 16.2. The van der Waals surface area contributed by atoms with Crippen LogP contribution < -0.4 is 0 Å². The monoisotopic (exact) mass is 292 g/mol. The number of nitrogens with zero attached hydrogens (tertiary/aromatic N) is 2. The van der Waals surface area contributed by atoms with Gasteiger partial charge in [0.05, 0.1) is 18.6 Å². The van der Waals surface area contributed by atoms with Crippen molar-refractivity contribution in [1.29, 1.82) is 0 Å². The quantitative estimate of drug-likeness (QED) is 0.850. The van der Waals surface area contributed by atoms with Crippen molar-refractivity contribution < 1.29 is 4.79 Å². The highest BCUT2D eigenvalue weighted by Crippen LogP contribution is 2.51. The minimum Gasteiger partial charge on any atom is -0.323 e. The fraction of sp³-hybridized carbons (Fsp3) is 0.316. The molecule has 4 rings (SSSR count). The molecule has 2 aliphatic heterocycles. The zero-order valence-electron chi connectivity index (χ0n) is 13.0. The Morgan fingerprint density at radius 1 is 1.05 bits per heavy atom. The molecular weight excluding hydrogens is 272 g/mol. The molecule has 0 saturated carbocycles. The topological polar surface area (TPSA) is 23.6 Å². The number of benzene rings is 2. The molecule has 112 valence electrons. The van der Waals surface area contributed by atoms with Crippen LogP contribution in [0, 0.1) is 0 Å².